The lowest BCUT2D eigenvalue weighted by Crippen LogP contribution is -2.10. The highest BCUT2D eigenvalue weighted by molar-refractivity contribution is 5.18. The van der Waals surface area contributed by atoms with Crippen LogP contribution in [0.5, 0.6) is 0 Å². The molecule has 0 saturated carbocycles. The van der Waals surface area contributed by atoms with Crippen molar-refractivity contribution in [1.82, 2.24) is 4.98 Å². The normalized spacial score (nSPS) is 12.7. The molecule has 0 aromatic carbocycles. The first-order chi connectivity index (χ1) is 7.24. The molecule has 1 N–H and O–H groups in total. The Labute approximate surface area is 89.9 Å². The first-order valence-corrected chi connectivity index (χ1v) is 4.90. The average Bonchev–Trinajstić information content (AvgIpc) is 2.24. The number of pyridine rings is 1. The van der Waals surface area contributed by atoms with Gasteiger partial charge < -0.3 is 14.6 Å². The van der Waals surface area contributed by atoms with Crippen LogP contribution in [-0.4, -0.2) is 37.0 Å². The van der Waals surface area contributed by atoms with E-state index < -0.39 is 6.10 Å². The van der Waals surface area contributed by atoms with E-state index in [0.29, 0.717) is 13.2 Å². The fourth-order valence-corrected chi connectivity index (χ4v) is 1.19. The molecule has 0 radical (unpaired) electrons. The highest BCUT2D eigenvalue weighted by Gasteiger charge is 2.07. The monoisotopic (exact) mass is 211 g/mol. The van der Waals surface area contributed by atoms with Crippen molar-refractivity contribution in [3.05, 3.63) is 29.6 Å². The van der Waals surface area contributed by atoms with Gasteiger partial charge in [-0.25, -0.2) is 0 Å². The third kappa shape index (κ3) is 4.38. The number of ether oxygens (including phenoxy) is 2. The maximum Gasteiger partial charge on any atom is 0.104 e. The Bertz CT molecular complexity index is 291. The summed E-state index contributed by atoms with van der Waals surface area (Å²) in [4.78, 5) is 4.01. The van der Waals surface area contributed by atoms with E-state index in [4.69, 9.17) is 9.47 Å². The molecule has 1 aromatic rings. The van der Waals surface area contributed by atoms with Crippen LogP contribution in [0.15, 0.2) is 18.5 Å². The van der Waals surface area contributed by atoms with Crippen LogP contribution >= 0.6 is 0 Å². The van der Waals surface area contributed by atoms with E-state index in [1.807, 2.05) is 13.0 Å². The smallest absolute Gasteiger partial charge is 0.104 e. The minimum atomic E-state index is -0.616. The predicted molar refractivity (Wildman–Crippen MR) is 56.6 cm³/mol. The summed E-state index contributed by atoms with van der Waals surface area (Å²) in [6.45, 7) is 3.25. The van der Waals surface area contributed by atoms with Crippen LogP contribution < -0.4 is 0 Å². The van der Waals surface area contributed by atoms with E-state index in [0.717, 1.165) is 11.1 Å². The van der Waals surface area contributed by atoms with Crippen molar-refractivity contribution >= 4 is 0 Å². The van der Waals surface area contributed by atoms with Gasteiger partial charge in [0, 0.05) is 25.1 Å². The van der Waals surface area contributed by atoms with Gasteiger partial charge in [-0.15, -0.1) is 0 Å². The molecule has 0 amide bonds. The van der Waals surface area contributed by atoms with Crippen molar-refractivity contribution < 1.29 is 14.6 Å². The topological polar surface area (TPSA) is 51.6 Å². The third-order valence-corrected chi connectivity index (χ3v) is 1.99. The Morgan fingerprint density at radius 3 is 2.87 bits per heavy atom. The predicted octanol–water partition coefficient (Wildman–Crippen LogP) is 1.09. The summed E-state index contributed by atoms with van der Waals surface area (Å²) >= 11 is 0. The number of rotatable bonds is 6. The molecule has 1 rings (SSSR count). The molecule has 0 saturated heterocycles. The summed E-state index contributed by atoms with van der Waals surface area (Å²) in [6.07, 6.45) is 2.79. The summed E-state index contributed by atoms with van der Waals surface area (Å²) in [6, 6.07) is 1.90. The Balaban J connectivity index is 2.36. The number of aliphatic hydroxyl groups is 1. The minimum Gasteiger partial charge on any atom is -0.386 e. The molecule has 0 aliphatic carbocycles. The Morgan fingerprint density at radius 2 is 2.20 bits per heavy atom. The zero-order valence-electron chi connectivity index (χ0n) is 9.14. The van der Waals surface area contributed by atoms with Crippen molar-refractivity contribution in [1.29, 1.82) is 0 Å². The molecule has 0 fully saturated rings. The van der Waals surface area contributed by atoms with Crippen LogP contribution in [0.3, 0.4) is 0 Å². The lowest BCUT2D eigenvalue weighted by Gasteiger charge is -2.11. The first kappa shape index (κ1) is 12.1. The number of hydrogen-bond donors (Lipinski definition) is 1. The molecule has 0 spiro atoms. The highest BCUT2D eigenvalue weighted by atomic mass is 16.5. The first-order valence-electron chi connectivity index (χ1n) is 4.90. The SMILES string of the molecule is COCCOCC(O)c1cncc(C)c1. The minimum absolute atomic E-state index is 0.272. The Morgan fingerprint density at radius 1 is 1.40 bits per heavy atom. The Hall–Kier alpha value is -0.970. The number of aryl methyl sites for hydroxylation is 1. The number of nitrogens with zero attached hydrogens (tertiary/aromatic N) is 1. The summed E-state index contributed by atoms with van der Waals surface area (Å²) in [5.41, 5.74) is 1.82. The molecule has 1 aromatic heterocycles. The molecule has 4 nitrogen and oxygen atoms in total. The molecule has 15 heavy (non-hydrogen) atoms. The van der Waals surface area contributed by atoms with Crippen LogP contribution in [0.1, 0.15) is 17.2 Å². The van der Waals surface area contributed by atoms with Crippen molar-refractivity contribution in [2.24, 2.45) is 0 Å². The maximum atomic E-state index is 9.74. The van der Waals surface area contributed by atoms with Crippen molar-refractivity contribution in [2.45, 2.75) is 13.0 Å². The Kier molecular flexibility index (Phi) is 5.25. The second-order valence-corrected chi connectivity index (χ2v) is 3.38. The molecule has 84 valence electrons. The van der Waals surface area contributed by atoms with Gasteiger partial charge in [0.15, 0.2) is 0 Å². The number of methoxy groups -OCH3 is 1. The van der Waals surface area contributed by atoms with Gasteiger partial charge in [0.1, 0.15) is 6.10 Å². The van der Waals surface area contributed by atoms with Gasteiger partial charge >= 0.3 is 0 Å². The quantitative estimate of drug-likeness (QED) is 0.715. The summed E-state index contributed by atoms with van der Waals surface area (Å²) < 4.78 is 10.1. The van der Waals surface area contributed by atoms with E-state index in [-0.39, 0.29) is 6.61 Å². The third-order valence-electron chi connectivity index (χ3n) is 1.99. The summed E-state index contributed by atoms with van der Waals surface area (Å²) in [5, 5.41) is 9.74. The van der Waals surface area contributed by atoms with Crippen LogP contribution in [0.4, 0.5) is 0 Å². The van der Waals surface area contributed by atoms with Gasteiger partial charge in [-0.1, -0.05) is 6.07 Å². The lowest BCUT2D eigenvalue weighted by atomic mass is 10.1. The van der Waals surface area contributed by atoms with Gasteiger partial charge in [0.05, 0.1) is 19.8 Å². The van der Waals surface area contributed by atoms with Crippen LogP contribution in [0.2, 0.25) is 0 Å². The maximum absolute atomic E-state index is 9.74. The van der Waals surface area contributed by atoms with Gasteiger partial charge in [0.2, 0.25) is 0 Å². The second kappa shape index (κ2) is 6.50. The molecule has 4 heteroatoms. The lowest BCUT2D eigenvalue weighted by molar-refractivity contribution is 0.0125. The number of hydrogen-bond acceptors (Lipinski definition) is 4. The zero-order chi connectivity index (χ0) is 11.1. The number of aromatic nitrogens is 1. The molecular formula is C11H17NO3. The second-order valence-electron chi connectivity index (χ2n) is 3.38. The molecule has 0 aliphatic rings. The van der Waals surface area contributed by atoms with Crippen LogP contribution in [0.25, 0.3) is 0 Å². The van der Waals surface area contributed by atoms with Crippen molar-refractivity contribution in [2.75, 3.05) is 26.9 Å². The summed E-state index contributed by atoms with van der Waals surface area (Å²) in [7, 11) is 1.62. The molecular weight excluding hydrogens is 194 g/mol. The molecule has 0 aliphatic heterocycles. The van der Waals surface area contributed by atoms with E-state index >= 15 is 0 Å². The molecule has 1 atom stereocenters. The molecule has 1 heterocycles. The van der Waals surface area contributed by atoms with Gasteiger partial charge in [-0.3, -0.25) is 4.98 Å². The van der Waals surface area contributed by atoms with Gasteiger partial charge in [-0.05, 0) is 12.5 Å². The van der Waals surface area contributed by atoms with E-state index in [1.54, 1.807) is 19.5 Å². The van der Waals surface area contributed by atoms with E-state index in [2.05, 4.69) is 4.98 Å². The van der Waals surface area contributed by atoms with Gasteiger partial charge in [-0.2, -0.15) is 0 Å². The van der Waals surface area contributed by atoms with Crippen molar-refractivity contribution in [3.8, 4) is 0 Å². The standard InChI is InChI=1S/C11H17NO3/c1-9-5-10(7-12-6-9)11(13)8-15-4-3-14-2/h5-7,11,13H,3-4,8H2,1-2H3. The zero-order valence-corrected chi connectivity index (χ0v) is 9.14. The van der Waals surface area contributed by atoms with Crippen molar-refractivity contribution in [3.63, 3.8) is 0 Å². The fourth-order valence-electron chi connectivity index (χ4n) is 1.19. The fraction of sp³-hybridized carbons (Fsp3) is 0.545. The van der Waals surface area contributed by atoms with E-state index in [1.165, 1.54) is 0 Å². The highest BCUT2D eigenvalue weighted by Crippen LogP contribution is 2.12. The van der Waals surface area contributed by atoms with Crippen LogP contribution in [0, 0.1) is 6.92 Å². The van der Waals surface area contributed by atoms with Gasteiger partial charge in [0.25, 0.3) is 0 Å². The largest absolute Gasteiger partial charge is 0.386 e. The van der Waals surface area contributed by atoms with E-state index in [9.17, 15) is 5.11 Å². The molecule has 0 bridgehead atoms. The number of aliphatic hydroxyl groups excluding tert-OH is 1. The average molecular weight is 211 g/mol. The van der Waals surface area contributed by atoms with Crippen LogP contribution in [-0.2, 0) is 9.47 Å². The molecule has 1 unspecified atom stereocenters. The summed E-state index contributed by atoms with van der Waals surface area (Å²) in [5.74, 6) is 0.